The van der Waals surface area contributed by atoms with Gasteiger partial charge in [-0.2, -0.15) is 0 Å². The molecule has 1 aliphatic rings. The smallest absolute Gasteiger partial charge is 0.410 e. The first kappa shape index (κ1) is 37.0. The Bertz CT molecular complexity index is 1450. The molecule has 0 spiro atoms. The first-order valence-corrected chi connectivity index (χ1v) is 17.0. The Hall–Kier alpha value is -3.49. The molecule has 1 saturated heterocycles. The van der Waals surface area contributed by atoms with Crippen molar-refractivity contribution in [3.05, 3.63) is 31.6 Å². The van der Waals surface area contributed by atoms with Crippen molar-refractivity contribution < 1.29 is 37.9 Å². The van der Waals surface area contributed by atoms with E-state index >= 15 is 0 Å². The number of piperidine rings is 1. The van der Waals surface area contributed by atoms with Gasteiger partial charge in [0.2, 0.25) is 0 Å². The Morgan fingerprint density at radius 1 is 0.913 bits per heavy atom. The van der Waals surface area contributed by atoms with Crippen molar-refractivity contribution in [3.63, 3.8) is 0 Å². The average molecular weight is 679 g/mol. The molecular formula is C32H48N5O7S2+. The third kappa shape index (κ3) is 10.0. The van der Waals surface area contributed by atoms with Crippen LogP contribution in [0.5, 0.6) is 0 Å². The Balaban J connectivity index is 1.69. The van der Waals surface area contributed by atoms with E-state index < -0.39 is 17.7 Å². The fraction of sp³-hybridized carbons (Fsp3) is 0.594. The fourth-order valence-corrected chi connectivity index (χ4v) is 6.96. The highest BCUT2D eigenvalue weighted by atomic mass is 32.1. The van der Waals surface area contributed by atoms with Crippen molar-refractivity contribution in [1.29, 1.82) is 0 Å². The molecule has 14 heteroatoms. The SMILES string of the molecule is COC(=O)c1scc(C)c1NC(=O)C[N+]1(CC(=O)Nc2c(C)csc2C(=O)NCCN(C)C(=O)OC(C)(C)C)CCC(C)(C)CC1. The zero-order valence-corrected chi connectivity index (χ0v) is 30.0. The van der Waals surface area contributed by atoms with Gasteiger partial charge in [-0.1, -0.05) is 13.8 Å². The molecule has 2 aromatic rings. The minimum absolute atomic E-state index is 0.0486. The molecule has 12 nitrogen and oxygen atoms in total. The number of aryl methyl sites for hydroxylation is 2. The standard InChI is InChI=1S/C32H47N5O7S2/c1-20-18-45-26(28(40)33-12-13-36(8)30(42)44-31(3,4)5)24(20)34-22(38)16-37(14-10-32(6,7)11-15-37)17-23(39)35-25-21(2)19-46-27(25)29(41)43-9/h18-19H,10-17H2,1-9H3,(H2-,33,34,35,38,39,40,41)/p+1. The highest BCUT2D eigenvalue weighted by molar-refractivity contribution is 7.13. The van der Waals surface area contributed by atoms with Crippen LogP contribution in [-0.2, 0) is 19.1 Å². The van der Waals surface area contributed by atoms with Crippen molar-refractivity contribution >= 4 is 63.8 Å². The van der Waals surface area contributed by atoms with Gasteiger partial charge < -0.3 is 34.8 Å². The molecule has 4 amide bonds. The van der Waals surface area contributed by atoms with Crippen LogP contribution in [0, 0.1) is 19.3 Å². The summed E-state index contributed by atoms with van der Waals surface area (Å²) in [5, 5.41) is 12.3. The summed E-state index contributed by atoms with van der Waals surface area (Å²) in [6, 6.07) is 0. The number of esters is 1. The number of likely N-dealkylation sites (N-methyl/N-ethyl adjacent to an activating group) is 1. The van der Waals surface area contributed by atoms with E-state index in [1.807, 2.05) is 13.8 Å². The Morgan fingerprint density at radius 3 is 1.91 bits per heavy atom. The predicted octanol–water partition coefficient (Wildman–Crippen LogP) is 5.02. The molecule has 3 N–H and O–H groups in total. The lowest BCUT2D eigenvalue weighted by Crippen LogP contribution is -2.60. The highest BCUT2D eigenvalue weighted by Gasteiger charge is 2.41. The molecule has 0 unspecified atom stereocenters. The van der Waals surface area contributed by atoms with Gasteiger partial charge in [0.15, 0.2) is 13.1 Å². The molecule has 1 fully saturated rings. The number of likely N-dealkylation sites (tertiary alicyclic amines) is 1. The summed E-state index contributed by atoms with van der Waals surface area (Å²) in [7, 11) is 2.90. The number of ether oxygens (including phenoxy) is 2. The Labute approximate surface area is 279 Å². The monoisotopic (exact) mass is 678 g/mol. The van der Waals surface area contributed by atoms with Crippen LogP contribution in [0.15, 0.2) is 10.8 Å². The van der Waals surface area contributed by atoms with E-state index in [0.29, 0.717) is 34.2 Å². The second-order valence-corrected chi connectivity index (χ2v) is 15.5. The number of carbonyl (C=O) groups excluding carboxylic acids is 5. The van der Waals surface area contributed by atoms with E-state index in [4.69, 9.17) is 9.47 Å². The van der Waals surface area contributed by atoms with E-state index in [9.17, 15) is 24.0 Å². The molecule has 0 aliphatic carbocycles. The lowest BCUT2D eigenvalue weighted by molar-refractivity contribution is -0.919. The Kier molecular flexibility index (Phi) is 12.0. The topological polar surface area (TPSA) is 143 Å². The van der Waals surface area contributed by atoms with E-state index in [-0.39, 0.29) is 53.8 Å². The van der Waals surface area contributed by atoms with Crippen LogP contribution < -0.4 is 16.0 Å². The van der Waals surface area contributed by atoms with Gasteiger partial charge in [-0.25, -0.2) is 9.59 Å². The molecule has 0 atom stereocenters. The van der Waals surface area contributed by atoms with Gasteiger partial charge in [-0.05, 0) is 61.9 Å². The number of anilines is 2. The highest BCUT2D eigenvalue weighted by Crippen LogP contribution is 2.35. The number of rotatable bonds is 11. The molecule has 0 saturated carbocycles. The van der Waals surface area contributed by atoms with Gasteiger partial charge in [0.05, 0.1) is 31.6 Å². The number of nitrogens with one attached hydrogen (secondary N) is 3. The van der Waals surface area contributed by atoms with Crippen LogP contribution in [-0.4, -0.2) is 98.2 Å². The summed E-state index contributed by atoms with van der Waals surface area (Å²) in [6.07, 6.45) is 1.19. The molecule has 1 aliphatic heterocycles. The lowest BCUT2D eigenvalue weighted by Gasteiger charge is -2.45. The molecule has 254 valence electrons. The van der Waals surface area contributed by atoms with Gasteiger partial charge in [0.1, 0.15) is 15.4 Å². The van der Waals surface area contributed by atoms with Crippen LogP contribution in [0.25, 0.3) is 0 Å². The van der Waals surface area contributed by atoms with Crippen LogP contribution in [0.1, 0.15) is 77.9 Å². The molecule has 3 heterocycles. The summed E-state index contributed by atoms with van der Waals surface area (Å²) >= 11 is 2.44. The number of quaternary nitrogens is 1. The maximum absolute atomic E-state index is 13.6. The minimum Gasteiger partial charge on any atom is -0.465 e. The normalized spacial score (nSPS) is 15.4. The average Bonchev–Trinajstić information content (AvgIpc) is 3.50. The first-order chi connectivity index (χ1) is 21.3. The molecule has 46 heavy (non-hydrogen) atoms. The summed E-state index contributed by atoms with van der Waals surface area (Å²) in [5.74, 6) is -1.46. The van der Waals surface area contributed by atoms with Crippen molar-refractivity contribution in [2.24, 2.45) is 5.41 Å². The van der Waals surface area contributed by atoms with Crippen LogP contribution in [0.2, 0.25) is 0 Å². The number of amides is 4. The van der Waals surface area contributed by atoms with Crippen molar-refractivity contribution in [3.8, 4) is 0 Å². The van der Waals surface area contributed by atoms with Gasteiger partial charge >= 0.3 is 12.1 Å². The van der Waals surface area contributed by atoms with E-state index in [0.717, 1.165) is 24.0 Å². The van der Waals surface area contributed by atoms with Gasteiger partial charge in [0.25, 0.3) is 17.7 Å². The van der Waals surface area contributed by atoms with Crippen molar-refractivity contribution in [1.82, 2.24) is 10.2 Å². The first-order valence-electron chi connectivity index (χ1n) is 15.3. The third-order valence-electron chi connectivity index (χ3n) is 7.98. The summed E-state index contributed by atoms with van der Waals surface area (Å²) in [4.78, 5) is 66.7. The lowest BCUT2D eigenvalue weighted by atomic mass is 9.81. The third-order valence-corrected chi connectivity index (χ3v) is 10.2. The fourth-order valence-electron chi connectivity index (χ4n) is 5.11. The van der Waals surface area contributed by atoms with Gasteiger partial charge in [0, 0.05) is 33.0 Å². The summed E-state index contributed by atoms with van der Waals surface area (Å²) < 4.78 is 10.5. The molecule has 0 radical (unpaired) electrons. The number of carbonyl (C=O) groups is 5. The zero-order valence-electron chi connectivity index (χ0n) is 28.4. The van der Waals surface area contributed by atoms with E-state index in [2.05, 4.69) is 29.8 Å². The molecular weight excluding hydrogens is 631 g/mol. The van der Waals surface area contributed by atoms with Gasteiger partial charge in [-0.3, -0.25) is 14.4 Å². The number of methoxy groups -OCH3 is 1. The largest absolute Gasteiger partial charge is 0.465 e. The van der Waals surface area contributed by atoms with Crippen LogP contribution in [0.4, 0.5) is 16.2 Å². The quantitative estimate of drug-likeness (QED) is 0.224. The maximum atomic E-state index is 13.6. The van der Waals surface area contributed by atoms with Crippen LogP contribution in [0.3, 0.4) is 0 Å². The molecule has 2 aromatic heterocycles. The maximum Gasteiger partial charge on any atom is 0.410 e. The zero-order chi connectivity index (χ0) is 34.4. The molecule has 0 aromatic carbocycles. The molecule has 0 bridgehead atoms. The number of thiophene rings is 2. The van der Waals surface area contributed by atoms with Crippen LogP contribution >= 0.6 is 22.7 Å². The summed E-state index contributed by atoms with van der Waals surface area (Å²) in [5.41, 5.74) is 1.85. The minimum atomic E-state index is -0.623. The Morgan fingerprint density at radius 2 is 1.41 bits per heavy atom. The number of nitrogens with zero attached hydrogens (tertiary/aromatic N) is 2. The number of hydrogen-bond acceptors (Lipinski definition) is 9. The summed E-state index contributed by atoms with van der Waals surface area (Å²) in [6.45, 7) is 15.2. The predicted molar refractivity (Wildman–Crippen MR) is 181 cm³/mol. The molecule has 3 rings (SSSR count). The second-order valence-electron chi connectivity index (χ2n) is 13.8. The van der Waals surface area contributed by atoms with Crippen molar-refractivity contribution in [2.75, 3.05) is 64.1 Å². The van der Waals surface area contributed by atoms with E-state index in [1.165, 1.54) is 34.7 Å². The van der Waals surface area contributed by atoms with E-state index in [1.54, 1.807) is 38.6 Å². The van der Waals surface area contributed by atoms with Crippen molar-refractivity contribution in [2.45, 2.75) is 66.9 Å². The van der Waals surface area contributed by atoms with Gasteiger partial charge in [-0.15, -0.1) is 22.7 Å². The second kappa shape index (κ2) is 14.9. The number of hydrogen-bond donors (Lipinski definition) is 3.